The Morgan fingerprint density at radius 1 is 0.700 bits per heavy atom. The molecule has 0 saturated heterocycles. The SMILES string of the molecule is O=C1c2cccnc2-c2cccc(-c3ccccc3)c21. The van der Waals surface area contributed by atoms with Crippen molar-refractivity contribution < 1.29 is 4.79 Å². The predicted molar refractivity (Wildman–Crippen MR) is 78.5 cm³/mol. The molecule has 0 atom stereocenters. The number of pyridine rings is 1. The fraction of sp³-hybridized carbons (Fsp3) is 0. The van der Waals surface area contributed by atoms with E-state index in [4.69, 9.17) is 0 Å². The molecular formula is C18H11NO. The molecule has 2 nitrogen and oxygen atoms in total. The lowest BCUT2D eigenvalue weighted by atomic mass is 9.96. The highest BCUT2D eigenvalue weighted by Gasteiger charge is 2.29. The fourth-order valence-electron chi connectivity index (χ4n) is 2.79. The monoisotopic (exact) mass is 257 g/mol. The summed E-state index contributed by atoms with van der Waals surface area (Å²) in [6.45, 7) is 0. The summed E-state index contributed by atoms with van der Waals surface area (Å²) in [6, 6.07) is 19.6. The van der Waals surface area contributed by atoms with Gasteiger partial charge in [-0.2, -0.15) is 0 Å². The van der Waals surface area contributed by atoms with Gasteiger partial charge in [0.25, 0.3) is 0 Å². The number of fused-ring (bicyclic) bond motifs is 3. The first-order valence-electron chi connectivity index (χ1n) is 6.55. The molecule has 3 aromatic rings. The molecule has 2 aromatic carbocycles. The van der Waals surface area contributed by atoms with Crippen LogP contribution in [-0.2, 0) is 0 Å². The summed E-state index contributed by atoms with van der Waals surface area (Å²) in [5.74, 6) is 0.0718. The molecule has 1 heterocycles. The Kier molecular flexibility index (Phi) is 2.30. The molecule has 4 rings (SSSR count). The average Bonchev–Trinajstić information content (AvgIpc) is 2.82. The standard InChI is InChI=1S/C18H11NO/c20-18-15-10-5-11-19-17(15)14-9-4-8-13(16(14)18)12-6-2-1-3-7-12/h1-11H. The zero-order valence-electron chi connectivity index (χ0n) is 10.7. The van der Waals surface area contributed by atoms with Crippen LogP contribution in [0.3, 0.4) is 0 Å². The Balaban J connectivity index is 2.03. The molecule has 0 saturated carbocycles. The lowest BCUT2D eigenvalue weighted by molar-refractivity contribution is 0.104. The molecule has 1 aliphatic carbocycles. The molecule has 0 spiro atoms. The molecule has 0 radical (unpaired) electrons. The third kappa shape index (κ3) is 1.45. The molecule has 20 heavy (non-hydrogen) atoms. The summed E-state index contributed by atoms with van der Waals surface area (Å²) in [6.07, 6.45) is 1.73. The van der Waals surface area contributed by atoms with E-state index in [9.17, 15) is 4.79 Å². The van der Waals surface area contributed by atoms with Gasteiger partial charge >= 0.3 is 0 Å². The zero-order chi connectivity index (χ0) is 13.5. The Labute approximate surface area is 116 Å². The Bertz CT molecular complexity index is 822. The minimum atomic E-state index is 0.0718. The first-order valence-corrected chi connectivity index (χ1v) is 6.55. The smallest absolute Gasteiger partial charge is 0.196 e. The maximum absolute atomic E-state index is 12.6. The van der Waals surface area contributed by atoms with Crippen LogP contribution in [0.2, 0.25) is 0 Å². The van der Waals surface area contributed by atoms with Gasteiger partial charge in [-0.15, -0.1) is 0 Å². The number of aromatic nitrogens is 1. The Morgan fingerprint density at radius 3 is 2.30 bits per heavy atom. The second-order valence-corrected chi connectivity index (χ2v) is 4.82. The first kappa shape index (κ1) is 11.1. The van der Waals surface area contributed by atoms with Crippen molar-refractivity contribution in [3.63, 3.8) is 0 Å². The lowest BCUT2D eigenvalue weighted by Crippen LogP contribution is -1.98. The number of carbonyl (C=O) groups is 1. The summed E-state index contributed by atoms with van der Waals surface area (Å²) < 4.78 is 0. The number of rotatable bonds is 1. The van der Waals surface area contributed by atoms with Gasteiger partial charge in [0.2, 0.25) is 0 Å². The van der Waals surface area contributed by atoms with Crippen molar-refractivity contribution in [2.24, 2.45) is 0 Å². The summed E-state index contributed by atoms with van der Waals surface area (Å²) in [5.41, 5.74) is 5.24. The summed E-state index contributed by atoms with van der Waals surface area (Å²) in [5, 5.41) is 0. The van der Waals surface area contributed by atoms with Crippen LogP contribution >= 0.6 is 0 Å². The van der Waals surface area contributed by atoms with Gasteiger partial charge in [0.15, 0.2) is 5.78 Å². The van der Waals surface area contributed by atoms with E-state index in [1.54, 1.807) is 6.20 Å². The minimum absolute atomic E-state index is 0.0718. The normalized spacial score (nSPS) is 12.1. The largest absolute Gasteiger partial charge is 0.288 e. The van der Waals surface area contributed by atoms with Crippen molar-refractivity contribution in [3.05, 3.63) is 78.0 Å². The number of carbonyl (C=O) groups excluding carboxylic acids is 1. The van der Waals surface area contributed by atoms with Crippen molar-refractivity contribution in [2.45, 2.75) is 0 Å². The lowest BCUT2D eigenvalue weighted by Gasteiger charge is -2.07. The van der Waals surface area contributed by atoms with E-state index in [0.29, 0.717) is 5.56 Å². The van der Waals surface area contributed by atoms with Crippen LogP contribution in [-0.4, -0.2) is 10.8 Å². The number of hydrogen-bond donors (Lipinski definition) is 0. The van der Waals surface area contributed by atoms with E-state index < -0.39 is 0 Å². The van der Waals surface area contributed by atoms with Crippen LogP contribution in [0.5, 0.6) is 0 Å². The predicted octanol–water partition coefficient (Wildman–Crippen LogP) is 3.96. The molecule has 94 valence electrons. The molecule has 0 bridgehead atoms. The second-order valence-electron chi connectivity index (χ2n) is 4.82. The summed E-state index contributed by atoms with van der Waals surface area (Å²) in [4.78, 5) is 17.0. The van der Waals surface area contributed by atoms with Crippen molar-refractivity contribution in [1.29, 1.82) is 0 Å². The molecule has 0 N–H and O–H groups in total. The molecule has 0 unspecified atom stereocenters. The molecule has 0 aliphatic heterocycles. The van der Waals surface area contributed by atoms with Crippen molar-refractivity contribution in [3.8, 4) is 22.4 Å². The van der Waals surface area contributed by atoms with E-state index in [0.717, 1.165) is 27.9 Å². The third-order valence-electron chi connectivity index (χ3n) is 3.68. The van der Waals surface area contributed by atoms with E-state index in [1.807, 2.05) is 60.7 Å². The molecular weight excluding hydrogens is 246 g/mol. The fourth-order valence-corrected chi connectivity index (χ4v) is 2.79. The van der Waals surface area contributed by atoms with E-state index in [1.165, 1.54) is 0 Å². The molecule has 0 fully saturated rings. The summed E-state index contributed by atoms with van der Waals surface area (Å²) >= 11 is 0. The van der Waals surface area contributed by atoms with E-state index in [2.05, 4.69) is 4.98 Å². The van der Waals surface area contributed by atoms with Crippen molar-refractivity contribution in [1.82, 2.24) is 4.98 Å². The van der Waals surface area contributed by atoms with Gasteiger partial charge in [0.05, 0.1) is 5.69 Å². The third-order valence-corrected chi connectivity index (χ3v) is 3.68. The second kappa shape index (κ2) is 4.14. The number of ketones is 1. The number of hydrogen-bond acceptors (Lipinski definition) is 2. The number of nitrogens with zero attached hydrogens (tertiary/aromatic N) is 1. The minimum Gasteiger partial charge on any atom is -0.288 e. The quantitative estimate of drug-likeness (QED) is 0.516. The van der Waals surface area contributed by atoms with Crippen LogP contribution in [0, 0.1) is 0 Å². The maximum atomic E-state index is 12.6. The van der Waals surface area contributed by atoms with Gasteiger partial charge in [-0.25, -0.2) is 0 Å². The van der Waals surface area contributed by atoms with Gasteiger partial charge in [0.1, 0.15) is 0 Å². The molecule has 2 heteroatoms. The van der Waals surface area contributed by atoms with E-state index in [-0.39, 0.29) is 5.78 Å². The average molecular weight is 257 g/mol. The maximum Gasteiger partial charge on any atom is 0.196 e. The highest BCUT2D eigenvalue weighted by atomic mass is 16.1. The van der Waals surface area contributed by atoms with Crippen LogP contribution in [0.15, 0.2) is 66.9 Å². The van der Waals surface area contributed by atoms with Gasteiger partial charge in [-0.3, -0.25) is 9.78 Å². The topological polar surface area (TPSA) is 30.0 Å². The highest BCUT2D eigenvalue weighted by Crippen LogP contribution is 2.39. The van der Waals surface area contributed by atoms with Gasteiger partial charge < -0.3 is 0 Å². The summed E-state index contributed by atoms with van der Waals surface area (Å²) in [7, 11) is 0. The van der Waals surface area contributed by atoms with Crippen LogP contribution in [0.4, 0.5) is 0 Å². The molecule has 1 aromatic heterocycles. The Hall–Kier alpha value is -2.74. The highest BCUT2D eigenvalue weighted by molar-refractivity contribution is 6.24. The molecule has 1 aliphatic rings. The van der Waals surface area contributed by atoms with Crippen LogP contribution in [0.25, 0.3) is 22.4 Å². The zero-order valence-corrected chi connectivity index (χ0v) is 10.7. The van der Waals surface area contributed by atoms with Crippen molar-refractivity contribution >= 4 is 5.78 Å². The van der Waals surface area contributed by atoms with E-state index >= 15 is 0 Å². The van der Waals surface area contributed by atoms with Gasteiger partial charge in [0, 0.05) is 22.9 Å². The number of benzene rings is 2. The molecule has 0 amide bonds. The van der Waals surface area contributed by atoms with Crippen LogP contribution in [0.1, 0.15) is 15.9 Å². The van der Waals surface area contributed by atoms with Gasteiger partial charge in [-0.1, -0.05) is 48.5 Å². The van der Waals surface area contributed by atoms with Crippen LogP contribution < -0.4 is 0 Å². The Morgan fingerprint density at radius 2 is 1.45 bits per heavy atom. The van der Waals surface area contributed by atoms with Gasteiger partial charge in [-0.05, 0) is 23.3 Å². The van der Waals surface area contributed by atoms with Crippen molar-refractivity contribution in [2.75, 3.05) is 0 Å². The first-order chi connectivity index (χ1) is 9.86.